The summed E-state index contributed by atoms with van der Waals surface area (Å²) in [7, 11) is 0. The Hall–Kier alpha value is -0.561. The fraction of sp³-hybridized carbons (Fsp3) is 0.154. The molecule has 0 aliphatic heterocycles. The first-order valence-corrected chi connectivity index (χ1v) is 5.85. The molecule has 0 aliphatic rings. The van der Waals surface area contributed by atoms with Gasteiger partial charge >= 0.3 is 17.1 Å². The maximum Gasteiger partial charge on any atom is 2.00 e. The Morgan fingerprint density at radius 3 is 1.88 bits per heavy atom. The van der Waals surface area contributed by atoms with Gasteiger partial charge in [0.05, 0.1) is 6.07 Å². The van der Waals surface area contributed by atoms with Crippen LogP contribution >= 0.6 is 22.6 Å². The van der Waals surface area contributed by atoms with Gasteiger partial charge in [-0.3, -0.25) is 0 Å². The smallest absolute Gasteiger partial charge is 0.213 e. The third-order valence-electron chi connectivity index (χ3n) is 1.88. The van der Waals surface area contributed by atoms with Gasteiger partial charge in [-0.15, -0.1) is 22.6 Å². The average molecular weight is 365 g/mol. The van der Waals surface area contributed by atoms with Crippen molar-refractivity contribution in [2.75, 3.05) is 0 Å². The topological polar surface area (TPSA) is 23.8 Å². The van der Waals surface area contributed by atoms with Crippen LogP contribution in [-0.4, -0.2) is 0 Å². The number of nitrogens with zero attached hydrogens (tertiary/aromatic N) is 1. The molecule has 3 heteroatoms. The molecule has 0 N–H and O–H groups in total. The second-order valence-corrected chi connectivity index (χ2v) is 4.30. The molecule has 0 aliphatic carbocycles. The van der Waals surface area contributed by atoms with Gasteiger partial charge in [0.2, 0.25) is 0 Å². The average Bonchev–Trinajstić information content (AvgIpc) is 2.88. The Bertz CT molecular complexity index is 384. The van der Waals surface area contributed by atoms with Gasteiger partial charge < -0.3 is 0 Å². The Kier molecular flexibility index (Phi) is 9.31. The Morgan fingerprint density at radius 2 is 1.50 bits per heavy atom. The molecule has 0 saturated carbocycles. The molecule has 0 unspecified atom stereocenters. The van der Waals surface area contributed by atoms with Crippen molar-refractivity contribution in [2.45, 2.75) is 12.8 Å². The minimum absolute atomic E-state index is 0. The van der Waals surface area contributed by atoms with Crippen LogP contribution in [0.25, 0.3) is 0 Å². The summed E-state index contributed by atoms with van der Waals surface area (Å²) >= 11 is 2.28. The van der Waals surface area contributed by atoms with Crippen molar-refractivity contribution in [3.05, 3.63) is 57.7 Å². The zero-order chi connectivity index (χ0) is 10.9. The van der Waals surface area contributed by atoms with Gasteiger partial charge in [0.1, 0.15) is 0 Å². The van der Waals surface area contributed by atoms with Gasteiger partial charge in [0.15, 0.2) is 0 Å². The third kappa shape index (κ3) is 6.84. The number of hydrogen-bond donors (Lipinski definition) is 0. The first kappa shape index (κ1) is 15.4. The Morgan fingerprint density at radius 1 is 1.00 bits per heavy atom. The summed E-state index contributed by atoms with van der Waals surface area (Å²) in [6.45, 7) is 0. The molecule has 84 valence electrons. The quantitative estimate of drug-likeness (QED) is 0.451. The van der Waals surface area contributed by atoms with Crippen LogP contribution in [-0.2, 0) is 23.5 Å². The molecule has 0 atom stereocenters. The fourth-order valence-electron chi connectivity index (χ4n) is 1.13. The Balaban J connectivity index is 0.000000283. The van der Waals surface area contributed by atoms with Crippen LogP contribution in [0.5, 0.6) is 0 Å². The summed E-state index contributed by atoms with van der Waals surface area (Å²) in [6.07, 6.45) is 1.52. The van der Waals surface area contributed by atoms with Crippen LogP contribution in [0.2, 0.25) is 0 Å². The van der Waals surface area contributed by atoms with Crippen molar-refractivity contribution < 1.29 is 17.1 Å². The van der Waals surface area contributed by atoms with Crippen LogP contribution in [0, 0.1) is 14.9 Å². The van der Waals surface area contributed by atoms with E-state index in [1.807, 2.05) is 36.4 Å². The zero-order valence-electron chi connectivity index (χ0n) is 8.71. The summed E-state index contributed by atoms with van der Waals surface area (Å²) in [4.78, 5) is 0. The van der Waals surface area contributed by atoms with Crippen molar-refractivity contribution in [1.29, 1.82) is 5.26 Å². The first-order valence-electron chi connectivity index (χ1n) is 4.77. The molecule has 16 heavy (non-hydrogen) atoms. The predicted molar refractivity (Wildman–Crippen MR) is 70.7 cm³/mol. The second kappa shape index (κ2) is 9.65. The number of halogens is 1. The van der Waals surface area contributed by atoms with Crippen molar-refractivity contribution in [1.82, 2.24) is 0 Å². The second-order valence-electron chi connectivity index (χ2n) is 3.05. The Labute approximate surface area is 121 Å². The first-order chi connectivity index (χ1) is 7.33. The van der Waals surface area contributed by atoms with Crippen molar-refractivity contribution in [3.8, 4) is 6.07 Å². The van der Waals surface area contributed by atoms with Crippen molar-refractivity contribution >= 4 is 22.6 Å². The van der Waals surface area contributed by atoms with Crippen LogP contribution in [0.15, 0.2) is 48.5 Å². The van der Waals surface area contributed by atoms with Gasteiger partial charge in [-0.1, -0.05) is 9.99 Å². The molecule has 0 saturated heterocycles. The normalized spacial score (nSPS) is 8.25. The molecule has 0 fully saturated rings. The van der Waals surface area contributed by atoms with Gasteiger partial charge in [-0.05, 0) is 0 Å². The summed E-state index contributed by atoms with van der Waals surface area (Å²) < 4.78 is 1.31. The summed E-state index contributed by atoms with van der Waals surface area (Å²) in [6, 6.07) is 18.4. The van der Waals surface area contributed by atoms with Gasteiger partial charge in [-0.25, -0.2) is 24.3 Å². The summed E-state index contributed by atoms with van der Waals surface area (Å²) in [5.74, 6) is 0. The number of hydrogen-bond acceptors (Lipinski definition) is 1. The van der Waals surface area contributed by atoms with Crippen molar-refractivity contribution in [2.24, 2.45) is 0 Å². The summed E-state index contributed by atoms with van der Waals surface area (Å²) in [5.41, 5.74) is 1.26. The van der Waals surface area contributed by atoms with Crippen LogP contribution < -0.4 is 0 Å². The molecular formula is C13H12FeIN. The van der Waals surface area contributed by atoms with Crippen LogP contribution in [0.4, 0.5) is 0 Å². The molecule has 0 aromatic heterocycles. The predicted octanol–water partition coefficient (Wildman–Crippen LogP) is 3.87. The largest absolute Gasteiger partial charge is 2.00 e. The zero-order valence-corrected chi connectivity index (χ0v) is 12.0. The van der Waals surface area contributed by atoms with E-state index in [1.165, 1.54) is 9.13 Å². The van der Waals surface area contributed by atoms with E-state index in [4.69, 9.17) is 5.26 Å². The molecule has 0 amide bonds. The van der Waals surface area contributed by atoms with Crippen LogP contribution in [0.1, 0.15) is 12.0 Å². The molecule has 0 bridgehead atoms. The van der Waals surface area contributed by atoms with E-state index < -0.39 is 0 Å². The minimum atomic E-state index is 0. The number of rotatable bonds is 2. The maximum absolute atomic E-state index is 8.22. The number of nitriles is 1. The van der Waals surface area contributed by atoms with E-state index >= 15 is 0 Å². The van der Waals surface area contributed by atoms with Gasteiger partial charge in [-0.2, -0.15) is 35.1 Å². The van der Waals surface area contributed by atoms with Gasteiger partial charge in [0, 0.05) is 6.42 Å². The van der Waals surface area contributed by atoms with E-state index in [0.29, 0.717) is 6.42 Å². The monoisotopic (exact) mass is 365 g/mol. The van der Waals surface area contributed by atoms with E-state index in [2.05, 4.69) is 40.8 Å². The standard InChI is InChI=1S/C8H8N.C5H4I.Fe/c9-7-3-6-8-4-1-2-5-8;6-5-3-1-2-4-5;/h1-2,4-5H,3,6H2;1-4H;/q2*-1;+2. The van der Waals surface area contributed by atoms with E-state index in [0.717, 1.165) is 6.42 Å². The molecule has 0 heterocycles. The van der Waals surface area contributed by atoms with E-state index in [1.54, 1.807) is 0 Å². The molecule has 1 nitrogen and oxygen atoms in total. The SMILES string of the molecule is I[c-]1cccc1.N#CCC[c-]1cccc1.[Fe+2]. The summed E-state index contributed by atoms with van der Waals surface area (Å²) in [5, 5.41) is 8.22. The molecule has 0 spiro atoms. The molecular weight excluding hydrogens is 353 g/mol. The molecule has 2 aromatic carbocycles. The molecule has 0 radical (unpaired) electrons. The van der Waals surface area contributed by atoms with Crippen LogP contribution in [0.3, 0.4) is 0 Å². The van der Waals surface area contributed by atoms with Crippen molar-refractivity contribution in [3.63, 3.8) is 0 Å². The number of aryl methyl sites for hydroxylation is 1. The molecule has 2 aromatic rings. The fourth-order valence-corrected chi connectivity index (χ4v) is 1.55. The van der Waals surface area contributed by atoms with Gasteiger partial charge in [0.25, 0.3) is 0 Å². The van der Waals surface area contributed by atoms with E-state index in [-0.39, 0.29) is 17.1 Å². The van der Waals surface area contributed by atoms with E-state index in [9.17, 15) is 0 Å². The maximum atomic E-state index is 8.22. The third-order valence-corrected chi connectivity index (χ3v) is 2.60. The molecule has 2 rings (SSSR count). The minimum Gasteiger partial charge on any atom is -0.213 e.